The van der Waals surface area contributed by atoms with Crippen molar-refractivity contribution in [2.45, 2.75) is 25.4 Å². The maximum atomic E-state index is 3.69. The summed E-state index contributed by atoms with van der Waals surface area (Å²) in [5, 5.41) is 5.83. The molecule has 1 N–H and O–H groups in total. The van der Waals surface area contributed by atoms with E-state index in [4.69, 9.17) is 0 Å². The molecule has 4 heteroatoms. The average Bonchev–Trinajstić information content (AvgIpc) is 3.13. The summed E-state index contributed by atoms with van der Waals surface area (Å²) in [6.07, 6.45) is 2.42. The average molecular weight is 365 g/mol. The molecule has 2 nitrogen and oxygen atoms in total. The van der Waals surface area contributed by atoms with E-state index < -0.39 is 0 Å². The zero-order chi connectivity index (χ0) is 14.5. The molecule has 1 aliphatic heterocycles. The lowest BCUT2D eigenvalue weighted by Crippen LogP contribution is -2.32. The van der Waals surface area contributed by atoms with Crippen molar-refractivity contribution in [2.75, 3.05) is 19.6 Å². The highest BCUT2D eigenvalue weighted by Gasteiger charge is 2.21. The minimum atomic E-state index is 0.634. The quantitative estimate of drug-likeness (QED) is 0.835. The smallest absolute Gasteiger partial charge is 0.0327 e. The van der Waals surface area contributed by atoms with Crippen molar-refractivity contribution in [1.82, 2.24) is 10.2 Å². The Morgan fingerprint density at radius 2 is 2.10 bits per heavy atom. The first kappa shape index (κ1) is 15.2. The van der Waals surface area contributed by atoms with Gasteiger partial charge in [-0.15, -0.1) is 11.3 Å². The van der Waals surface area contributed by atoms with Crippen molar-refractivity contribution >= 4 is 27.3 Å². The van der Waals surface area contributed by atoms with Crippen LogP contribution in [0.15, 0.2) is 46.3 Å². The molecule has 2 heterocycles. The fourth-order valence-electron chi connectivity index (χ4n) is 2.82. The maximum absolute atomic E-state index is 3.69. The van der Waals surface area contributed by atoms with Gasteiger partial charge in [0.2, 0.25) is 0 Å². The fraction of sp³-hybridized carbons (Fsp3) is 0.412. The van der Waals surface area contributed by atoms with Gasteiger partial charge in [0.15, 0.2) is 0 Å². The topological polar surface area (TPSA) is 15.3 Å². The van der Waals surface area contributed by atoms with Gasteiger partial charge in [0.25, 0.3) is 0 Å². The summed E-state index contributed by atoms with van der Waals surface area (Å²) in [5.41, 5.74) is 1.44. The first-order valence-electron chi connectivity index (χ1n) is 7.53. The van der Waals surface area contributed by atoms with E-state index in [0.29, 0.717) is 6.04 Å². The number of nitrogens with one attached hydrogen (secondary N) is 1. The molecule has 0 aliphatic carbocycles. The molecule has 0 radical (unpaired) electrons. The van der Waals surface area contributed by atoms with Gasteiger partial charge < -0.3 is 10.2 Å². The van der Waals surface area contributed by atoms with Gasteiger partial charge in [-0.3, -0.25) is 0 Å². The Morgan fingerprint density at radius 1 is 1.24 bits per heavy atom. The van der Waals surface area contributed by atoms with Gasteiger partial charge in [-0.1, -0.05) is 30.3 Å². The van der Waals surface area contributed by atoms with Gasteiger partial charge in [-0.05, 0) is 52.3 Å². The SMILES string of the molecule is Brc1ccsc1CNC1CCN(CCc2ccccc2)C1. The van der Waals surface area contributed by atoms with E-state index in [9.17, 15) is 0 Å². The van der Waals surface area contributed by atoms with Crippen LogP contribution in [0.5, 0.6) is 0 Å². The third-order valence-corrected chi connectivity index (χ3v) is 6.00. The van der Waals surface area contributed by atoms with E-state index in [0.717, 1.165) is 13.0 Å². The number of benzene rings is 1. The van der Waals surface area contributed by atoms with Crippen LogP contribution in [0.25, 0.3) is 0 Å². The Morgan fingerprint density at radius 3 is 2.86 bits per heavy atom. The lowest BCUT2D eigenvalue weighted by Gasteiger charge is -2.16. The van der Waals surface area contributed by atoms with Crippen LogP contribution in [0, 0.1) is 0 Å². The molecule has 1 fully saturated rings. The van der Waals surface area contributed by atoms with Crippen LogP contribution in [0.1, 0.15) is 16.9 Å². The molecule has 21 heavy (non-hydrogen) atoms. The second-order valence-electron chi connectivity index (χ2n) is 5.59. The van der Waals surface area contributed by atoms with Crippen molar-refractivity contribution < 1.29 is 0 Å². The van der Waals surface area contributed by atoms with Crippen LogP contribution < -0.4 is 5.32 Å². The number of halogens is 1. The number of nitrogens with zero attached hydrogens (tertiary/aromatic N) is 1. The van der Waals surface area contributed by atoms with Crippen LogP contribution in [0.4, 0.5) is 0 Å². The predicted molar refractivity (Wildman–Crippen MR) is 93.8 cm³/mol. The molecule has 1 aromatic heterocycles. The molecular formula is C17H21BrN2S. The predicted octanol–water partition coefficient (Wildman–Crippen LogP) is 3.92. The second-order valence-corrected chi connectivity index (χ2v) is 7.45. The molecule has 0 bridgehead atoms. The minimum absolute atomic E-state index is 0.634. The van der Waals surface area contributed by atoms with Gasteiger partial charge in [-0.2, -0.15) is 0 Å². The Labute approximate surface area is 139 Å². The Hall–Kier alpha value is -0.680. The summed E-state index contributed by atoms with van der Waals surface area (Å²) >= 11 is 5.42. The molecule has 112 valence electrons. The Kier molecular flexibility index (Phi) is 5.47. The van der Waals surface area contributed by atoms with E-state index >= 15 is 0 Å². The molecule has 1 atom stereocenters. The van der Waals surface area contributed by atoms with Crippen molar-refractivity contribution in [3.63, 3.8) is 0 Å². The van der Waals surface area contributed by atoms with Gasteiger partial charge in [0.05, 0.1) is 0 Å². The molecule has 1 aromatic carbocycles. The molecule has 1 aliphatic rings. The second kappa shape index (κ2) is 7.54. The standard InChI is InChI=1S/C17H21BrN2S/c18-16-8-11-21-17(16)12-19-15-7-10-20(13-15)9-6-14-4-2-1-3-5-14/h1-5,8,11,15,19H,6-7,9-10,12-13H2. The minimum Gasteiger partial charge on any atom is -0.308 e. The van der Waals surface area contributed by atoms with Crippen LogP contribution >= 0.6 is 27.3 Å². The maximum Gasteiger partial charge on any atom is 0.0327 e. The Bertz CT molecular complexity index is 555. The van der Waals surface area contributed by atoms with Crippen LogP contribution in [-0.4, -0.2) is 30.6 Å². The number of hydrogen-bond acceptors (Lipinski definition) is 3. The van der Waals surface area contributed by atoms with Gasteiger partial charge in [-0.25, -0.2) is 0 Å². The highest BCUT2D eigenvalue weighted by molar-refractivity contribution is 9.10. The molecule has 1 saturated heterocycles. The van der Waals surface area contributed by atoms with E-state index in [1.54, 1.807) is 0 Å². The largest absolute Gasteiger partial charge is 0.308 e. The van der Waals surface area contributed by atoms with Crippen molar-refractivity contribution in [3.8, 4) is 0 Å². The van der Waals surface area contributed by atoms with E-state index in [2.05, 4.69) is 67.9 Å². The summed E-state index contributed by atoms with van der Waals surface area (Å²) < 4.78 is 1.24. The van der Waals surface area contributed by atoms with Gasteiger partial charge in [0.1, 0.15) is 0 Å². The molecule has 2 aromatic rings. The third-order valence-electron chi connectivity index (χ3n) is 4.07. The molecule has 1 unspecified atom stereocenters. The first-order chi connectivity index (χ1) is 10.3. The zero-order valence-electron chi connectivity index (χ0n) is 12.1. The van der Waals surface area contributed by atoms with E-state index in [1.165, 1.54) is 41.0 Å². The molecule has 0 amide bonds. The monoisotopic (exact) mass is 364 g/mol. The van der Waals surface area contributed by atoms with Crippen LogP contribution in [0.3, 0.4) is 0 Å². The number of likely N-dealkylation sites (tertiary alicyclic amines) is 1. The summed E-state index contributed by atoms with van der Waals surface area (Å²) in [7, 11) is 0. The summed E-state index contributed by atoms with van der Waals surface area (Å²) in [4.78, 5) is 3.98. The zero-order valence-corrected chi connectivity index (χ0v) is 14.5. The van der Waals surface area contributed by atoms with Gasteiger partial charge >= 0.3 is 0 Å². The van der Waals surface area contributed by atoms with E-state index in [-0.39, 0.29) is 0 Å². The summed E-state index contributed by atoms with van der Waals surface area (Å²) in [6.45, 7) is 4.55. The molecule has 0 spiro atoms. The first-order valence-corrected chi connectivity index (χ1v) is 9.20. The third kappa shape index (κ3) is 4.39. The Balaban J connectivity index is 1.40. The highest BCUT2D eigenvalue weighted by Crippen LogP contribution is 2.22. The van der Waals surface area contributed by atoms with Crippen LogP contribution in [-0.2, 0) is 13.0 Å². The number of rotatable bonds is 6. The van der Waals surface area contributed by atoms with Crippen LogP contribution in [0.2, 0.25) is 0 Å². The van der Waals surface area contributed by atoms with Crippen molar-refractivity contribution in [3.05, 3.63) is 56.7 Å². The number of thiophene rings is 1. The van der Waals surface area contributed by atoms with Crippen molar-refractivity contribution in [1.29, 1.82) is 0 Å². The van der Waals surface area contributed by atoms with E-state index in [1.807, 2.05) is 11.3 Å². The number of hydrogen-bond donors (Lipinski definition) is 1. The summed E-state index contributed by atoms with van der Waals surface area (Å²) in [6, 6.07) is 13.5. The fourth-order valence-corrected chi connectivity index (χ4v) is 4.27. The summed E-state index contributed by atoms with van der Waals surface area (Å²) in [5.74, 6) is 0. The lowest BCUT2D eigenvalue weighted by atomic mass is 10.1. The molecule has 3 rings (SSSR count). The highest BCUT2D eigenvalue weighted by atomic mass is 79.9. The van der Waals surface area contributed by atoms with Crippen molar-refractivity contribution in [2.24, 2.45) is 0 Å². The normalized spacial score (nSPS) is 19.2. The molecular weight excluding hydrogens is 344 g/mol. The molecule has 0 saturated carbocycles. The lowest BCUT2D eigenvalue weighted by molar-refractivity contribution is 0.331. The van der Waals surface area contributed by atoms with Gasteiger partial charge in [0, 0.05) is 35.0 Å².